The number of thiazole rings is 1. The van der Waals surface area contributed by atoms with Gasteiger partial charge in [-0.2, -0.15) is 15.0 Å². The highest BCUT2D eigenvalue weighted by atomic mass is 32.1. The summed E-state index contributed by atoms with van der Waals surface area (Å²) >= 11 is 1.38. The van der Waals surface area contributed by atoms with Gasteiger partial charge in [-0.05, 0) is 18.6 Å². The minimum Gasteiger partial charge on any atom is -0.453 e. The minimum atomic E-state index is -0.555. The lowest BCUT2D eigenvalue weighted by molar-refractivity contribution is 0.0456. The molecule has 0 bridgehead atoms. The normalized spacial score (nSPS) is 10.6. The number of carbonyl (C=O) groups excluding carboxylic acids is 1. The Morgan fingerprint density at radius 1 is 1.03 bits per heavy atom. The predicted octanol–water partition coefficient (Wildman–Crippen LogP) is 3.99. The van der Waals surface area contributed by atoms with Gasteiger partial charge in [-0.1, -0.05) is 48.5 Å². The van der Waals surface area contributed by atoms with Crippen LogP contribution in [-0.2, 0) is 11.3 Å². The smallest absolute Gasteiger partial charge is 0.358 e. The van der Waals surface area contributed by atoms with Crippen molar-refractivity contribution in [1.29, 1.82) is 0 Å². The van der Waals surface area contributed by atoms with Crippen molar-refractivity contribution in [2.75, 3.05) is 11.1 Å². The molecular weight excluding hydrogens is 400 g/mol. The van der Waals surface area contributed by atoms with Gasteiger partial charge >= 0.3 is 5.97 Å². The van der Waals surface area contributed by atoms with Crippen molar-refractivity contribution < 1.29 is 9.53 Å². The number of nitrogens with one attached hydrogen (secondary N) is 1. The molecule has 2 aromatic heterocycles. The molecule has 2 aromatic carbocycles. The molecule has 9 heteroatoms. The fraction of sp³-hybridized carbons (Fsp3) is 0.0952. The maximum atomic E-state index is 12.4. The summed E-state index contributed by atoms with van der Waals surface area (Å²) in [6.07, 6.45) is 0. The van der Waals surface area contributed by atoms with E-state index >= 15 is 0 Å². The van der Waals surface area contributed by atoms with Crippen LogP contribution in [0.1, 0.15) is 21.9 Å². The quantitative estimate of drug-likeness (QED) is 0.452. The summed E-state index contributed by atoms with van der Waals surface area (Å²) in [7, 11) is 0. The molecule has 150 valence electrons. The van der Waals surface area contributed by atoms with Crippen LogP contribution in [0.5, 0.6) is 0 Å². The first kappa shape index (κ1) is 19.5. The van der Waals surface area contributed by atoms with Gasteiger partial charge in [0.2, 0.25) is 11.9 Å². The van der Waals surface area contributed by atoms with Crippen LogP contribution in [0.2, 0.25) is 0 Å². The first-order valence-corrected chi connectivity index (χ1v) is 9.97. The molecule has 0 radical (unpaired) electrons. The zero-order chi connectivity index (χ0) is 20.9. The van der Waals surface area contributed by atoms with Crippen LogP contribution in [0.3, 0.4) is 0 Å². The van der Waals surface area contributed by atoms with E-state index in [0.717, 1.165) is 21.8 Å². The fourth-order valence-electron chi connectivity index (χ4n) is 2.68. The highest BCUT2D eigenvalue weighted by Crippen LogP contribution is 2.24. The third kappa shape index (κ3) is 4.58. The number of nitrogens with two attached hydrogens (primary N) is 1. The number of esters is 1. The van der Waals surface area contributed by atoms with Crippen molar-refractivity contribution in [2.24, 2.45) is 0 Å². The van der Waals surface area contributed by atoms with Gasteiger partial charge in [-0.25, -0.2) is 9.78 Å². The molecular formula is C21H18N6O2S. The van der Waals surface area contributed by atoms with Crippen LogP contribution in [0, 0.1) is 6.92 Å². The Kier molecular flexibility index (Phi) is 5.62. The number of carbonyl (C=O) groups is 1. The number of rotatable bonds is 6. The molecule has 0 saturated carbocycles. The number of ether oxygens (including phenoxy) is 1. The number of nitrogens with zero attached hydrogens (tertiary/aromatic N) is 4. The van der Waals surface area contributed by atoms with Crippen molar-refractivity contribution in [3.63, 3.8) is 0 Å². The van der Waals surface area contributed by atoms with Crippen LogP contribution in [0.15, 0.2) is 60.0 Å². The van der Waals surface area contributed by atoms with Crippen LogP contribution in [0.4, 0.5) is 17.6 Å². The second-order valence-corrected chi connectivity index (χ2v) is 7.21. The molecule has 0 unspecified atom stereocenters. The molecule has 2 heterocycles. The molecule has 30 heavy (non-hydrogen) atoms. The van der Waals surface area contributed by atoms with E-state index in [0.29, 0.717) is 0 Å². The number of hydrogen-bond acceptors (Lipinski definition) is 9. The zero-order valence-electron chi connectivity index (χ0n) is 16.1. The van der Waals surface area contributed by atoms with Gasteiger partial charge in [0.05, 0.1) is 0 Å². The topological polar surface area (TPSA) is 116 Å². The second-order valence-electron chi connectivity index (χ2n) is 6.35. The van der Waals surface area contributed by atoms with E-state index in [9.17, 15) is 4.79 Å². The standard InChI is InChI=1S/C21H18N6O2S/c1-13-7-5-6-10-15(13)24-21-26-17(25-20(22)27-21)11-29-19(28)16-12-30-18(23-16)14-8-3-2-4-9-14/h2-10,12H,11H2,1H3,(H3,22,24,25,26,27). The lowest BCUT2D eigenvalue weighted by Gasteiger charge is -2.09. The number of benzene rings is 2. The van der Waals surface area contributed by atoms with Crippen LogP contribution >= 0.6 is 11.3 Å². The number of hydrogen-bond donors (Lipinski definition) is 2. The Balaban J connectivity index is 1.43. The third-order valence-corrected chi connectivity index (χ3v) is 5.05. The number of para-hydroxylation sites is 1. The molecule has 0 aliphatic carbocycles. The van der Waals surface area contributed by atoms with Crippen molar-refractivity contribution in [1.82, 2.24) is 19.9 Å². The number of nitrogen functional groups attached to an aromatic ring is 1. The Bertz CT molecular complexity index is 1180. The molecule has 0 saturated heterocycles. The first-order valence-electron chi connectivity index (χ1n) is 9.09. The summed E-state index contributed by atoms with van der Waals surface area (Å²) in [5.74, 6) is 0.00120. The van der Waals surface area contributed by atoms with E-state index in [1.807, 2.05) is 61.5 Å². The summed E-state index contributed by atoms with van der Waals surface area (Å²) in [6, 6.07) is 17.3. The third-order valence-electron chi connectivity index (χ3n) is 4.16. The van der Waals surface area contributed by atoms with Crippen LogP contribution in [-0.4, -0.2) is 25.9 Å². The lowest BCUT2D eigenvalue weighted by Crippen LogP contribution is -2.11. The van der Waals surface area contributed by atoms with E-state index in [1.54, 1.807) is 5.38 Å². The highest BCUT2D eigenvalue weighted by molar-refractivity contribution is 7.13. The number of anilines is 3. The maximum Gasteiger partial charge on any atom is 0.358 e. The van der Waals surface area contributed by atoms with Crippen molar-refractivity contribution >= 4 is 34.9 Å². The number of aromatic nitrogens is 4. The maximum absolute atomic E-state index is 12.4. The van der Waals surface area contributed by atoms with E-state index < -0.39 is 5.97 Å². The average Bonchev–Trinajstić information content (AvgIpc) is 3.24. The SMILES string of the molecule is Cc1ccccc1Nc1nc(N)nc(COC(=O)c2csc(-c3ccccc3)n2)n1. The summed E-state index contributed by atoms with van der Waals surface area (Å²) in [5, 5.41) is 5.51. The molecule has 0 aliphatic rings. The van der Waals surface area contributed by atoms with Gasteiger partial charge in [-0.15, -0.1) is 11.3 Å². The Morgan fingerprint density at radius 2 is 1.80 bits per heavy atom. The fourth-order valence-corrected chi connectivity index (χ4v) is 3.47. The van der Waals surface area contributed by atoms with E-state index in [2.05, 4.69) is 25.3 Å². The van der Waals surface area contributed by atoms with Crippen molar-refractivity contribution in [3.05, 3.63) is 77.1 Å². The van der Waals surface area contributed by atoms with Gasteiger partial charge in [0.15, 0.2) is 18.1 Å². The predicted molar refractivity (Wildman–Crippen MR) is 115 cm³/mol. The second kappa shape index (κ2) is 8.66. The molecule has 0 spiro atoms. The molecule has 3 N–H and O–H groups in total. The summed E-state index contributed by atoms with van der Waals surface area (Å²) < 4.78 is 5.32. The van der Waals surface area contributed by atoms with E-state index in [4.69, 9.17) is 10.5 Å². The van der Waals surface area contributed by atoms with Crippen LogP contribution in [0.25, 0.3) is 10.6 Å². The van der Waals surface area contributed by atoms with Crippen molar-refractivity contribution in [3.8, 4) is 10.6 Å². The molecule has 0 amide bonds. The molecule has 4 rings (SSSR count). The summed E-state index contributed by atoms with van der Waals surface area (Å²) in [6.45, 7) is 1.82. The lowest BCUT2D eigenvalue weighted by atomic mass is 10.2. The highest BCUT2D eigenvalue weighted by Gasteiger charge is 2.15. The largest absolute Gasteiger partial charge is 0.453 e. The van der Waals surface area contributed by atoms with Gasteiger partial charge in [-0.3, -0.25) is 0 Å². The Morgan fingerprint density at radius 3 is 2.60 bits per heavy atom. The monoisotopic (exact) mass is 418 g/mol. The first-order chi connectivity index (χ1) is 14.6. The minimum absolute atomic E-state index is 0.0344. The summed E-state index contributed by atoms with van der Waals surface area (Å²) in [4.78, 5) is 29.1. The van der Waals surface area contributed by atoms with Gasteiger partial charge in [0, 0.05) is 16.6 Å². The Hall–Kier alpha value is -3.85. The van der Waals surface area contributed by atoms with Gasteiger partial charge < -0.3 is 15.8 Å². The van der Waals surface area contributed by atoms with Gasteiger partial charge in [0.1, 0.15) is 5.01 Å². The van der Waals surface area contributed by atoms with Crippen molar-refractivity contribution in [2.45, 2.75) is 13.5 Å². The van der Waals surface area contributed by atoms with E-state index in [1.165, 1.54) is 11.3 Å². The molecule has 8 nitrogen and oxygen atoms in total. The Labute approximate surface area is 176 Å². The average molecular weight is 418 g/mol. The zero-order valence-corrected chi connectivity index (χ0v) is 16.9. The van der Waals surface area contributed by atoms with E-state index in [-0.39, 0.29) is 30.0 Å². The summed E-state index contributed by atoms with van der Waals surface area (Å²) in [5.41, 5.74) is 8.84. The van der Waals surface area contributed by atoms with Crippen LogP contribution < -0.4 is 11.1 Å². The molecule has 0 atom stereocenters. The molecule has 4 aromatic rings. The number of aryl methyl sites for hydroxylation is 1. The molecule has 0 aliphatic heterocycles. The molecule has 0 fully saturated rings. The van der Waals surface area contributed by atoms with Gasteiger partial charge in [0.25, 0.3) is 0 Å².